The fourth-order valence-corrected chi connectivity index (χ4v) is 7.06. The first kappa shape index (κ1) is 17.1. The molecule has 5 nitrogen and oxygen atoms in total. The highest BCUT2D eigenvalue weighted by atomic mass is 16.5. The van der Waals surface area contributed by atoms with Crippen molar-refractivity contribution in [3.8, 4) is 5.75 Å². The third-order valence-corrected chi connectivity index (χ3v) is 8.03. The van der Waals surface area contributed by atoms with E-state index in [0.29, 0.717) is 0 Å². The number of nitrogens with zero attached hydrogens (tertiary/aromatic N) is 2. The lowest BCUT2D eigenvalue weighted by Crippen LogP contribution is -2.66. The molecule has 0 aromatic heterocycles. The second-order valence-corrected chi connectivity index (χ2v) is 8.41. The van der Waals surface area contributed by atoms with E-state index in [-0.39, 0.29) is 28.9 Å². The Morgan fingerprint density at radius 1 is 1.30 bits per heavy atom. The number of likely N-dealkylation sites (N-methyl/N-ethyl adjacent to an activating group) is 1. The van der Waals surface area contributed by atoms with Gasteiger partial charge in [-0.3, -0.25) is 9.69 Å². The molecule has 6 rings (SSSR count). The molecular formula is C22H28N2O3. The summed E-state index contributed by atoms with van der Waals surface area (Å²) in [7, 11) is 5.46. The predicted molar refractivity (Wildman–Crippen MR) is 104 cm³/mol. The predicted octanol–water partition coefficient (Wildman–Crippen LogP) is 2.94. The number of hydrogen-bond acceptors (Lipinski definition) is 5. The molecule has 1 spiro atoms. The van der Waals surface area contributed by atoms with Crippen LogP contribution in [0.25, 0.3) is 0 Å². The van der Waals surface area contributed by atoms with Gasteiger partial charge in [-0.2, -0.15) is 0 Å². The lowest BCUT2D eigenvalue weighted by atomic mass is 9.54. The quantitative estimate of drug-likeness (QED) is 0.593. The number of carbonyl (C=O) groups is 1. The van der Waals surface area contributed by atoms with Crippen LogP contribution in [0.15, 0.2) is 29.8 Å². The maximum atomic E-state index is 13.2. The van der Waals surface area contributed by atoms with E-state index < -0.39 is 0 Å². The van der Waals surface area contributed by atoms with E-state index in [1.807, 2.05) is 6.07 Å². The van der Waals surface area contributed by atoms with Crippen LogP contribution >= 0.6 is 0 Å². The van der Waals surface area contributed by atoms with Crippen molar-refractivity contribution in [3.05, 3.63) is 35.4 Å². The number of fused-ring (bicyclic) bond motifs is 3. The molecule has 5 atom stereocenters. The number of rotatable bonds is 2. The third kappa shape index (κ3) is 1.73. The summed E-state index contributed by atoms with van der Waals surface area (Å²) < 4.78 is 11.0. The molecule has 0 radical (unpaired) electrons. The Morgan fingerprint density at radius 3 is 2.81 bits per heavy atom. The molecule has 3 saturated heterocycles. The van der Waals surface area contributed by atoms with Gasteiger partial charge in [0, 0.05) is 31.2 Å². The van der Waals surface area contributed by atoms with E-state index in [2.05, 4.69) is 42.0 Å². The summed E-state index contributed by atoms with van der Waals surface area (Å²) in [6.07, 6.45) is 5.34. The molecule has 4 aliphatic heterocycles. The van der Waals surface area contributed by atoms with Crippen molar-refractivity contribution in [2.24, 2.45) is 11.8 Å². The number of hydrogen-bond donors (Lipinski definition) is 0. The van der Waals surface area contributed by atoms with E-state index in [9.17, 15) is 4.79 Å². The number of benzene rings is 1. The smallest absolute Gasteiger partial charge is 0.310 e. The maximum absolute atomic E-state index is 13.2. The lowest BCUT2D eigenvalue weighted by molar-refractivity contribution is -0.154. The zero-order chi connectivity index (χ0) is 19.0. The Balaban J connectivity index is 1.84. The van der Waals surface area contributed by atoms with E-state index >= 15 is 0 Å². The van der Waals surface area contributed by atoms with E-state index in [0.717, 1.165) is 38.1 Å². The number of allylic oxidation sites excluding steroid dienone is 1. The van der Waals surface area contributed by atoms with E-state index in [4.69, 9.17) is 9.47 Å². The molecule has 1 aromatic carbocycles. The summed E-state index contributed by atoms with van der Waals surface area (Å²) in [5, 5.41) is 0. The SMILES string of the molecule is C/C=C1/CN2CC[C@@]34c5cc(OC)ccc5N(C)C23CCC1C4C(=O)OC. The highest BCUT2D eigenvalue weighted by Gasteiger charge is 2.75. The van der Waals surface area contributed by atoms with Gasteiger partial charge in [-0.1, -0.05) is 11.6 Å². The fraction of sp³-hybridized carbons (Fsp3) is 0.591. The second-order valence-electron chi connectivity index (χ2n) is 8.41. The first-order valence-corrected chi connectivity index (χ1v) is 9.95. The van der Waals surface area contributed by atoms with E-state index in [1.165, 1.54) is 23.9 Å². The van der Waals surface area contributed by atoms with Gasteiger partial charge in [0.25, 0.3) is 0 Å². The molecule has 4 heterocycles. The van der Waals surface area contributed by atoms with Gasteiger partial charge in [-0.25, -0.2) is 0 Å². The number of ether oxygens (including phenoxy) is 2. The molecule has 0 amide bonds. The van der Waals surface area contributed by atoms with Crippen LogP contribution in [0.5, 0.6) is 5.75 Å². The summed E-state index contributed by atoms with van der Waals surface area (Å²) in [6.45, 7) is 4.08. The Bertz CT molecular complexity index is 850. The van der Waals surface area contributed by atoms with Crippen molar-refractivity contribution in [2.75, 3.05) is 39.3 Å². The molecule has 27 heavy (non-hydrogen) atoms. The van der Waals surface area contributed by atoms with Gasteiger partial charge < -0.3 is 14.4 Å². The summed E-state index contributed by atoms with van der Waals surface area (Å²) in [5.74, 6) is 0.912. The molecule has 1 aliphatic carbocycles. The fourth-order valence-electron chi connectivity index (χ4n) is 7.06. The van der Waals surface area contributed by atoms with Gasteiger partial charge in [0.05, 0.1) is 20.1 Å². The highest BCUT2D eigenvalue weighted by molar-refractivity contribution is 5.82. The molecule has 1 saturated carbocycles. The average Bonchev–Trinajstić information content (AvgIpc) is 3.03. The van der Waals surface area contributed by atoms with Crippen molar-refractivity contribution in [1.82, 2.24) is 4.90 Å². The molecular weight excluding hydrogens is 340 g/mol. The first-order valence-electron chi connectivity index (χ1n) is 9.95. The normalized spacial score (nSPS) is 39.9. The molecule has 0 N–H and O–H groups in total. The number of anilines is 1. The van der Waals surface area contributed by atoms with Gasteiger partial charge in [0.1, 0.15) is 11.4 Å². The first-order chi connectivity index (χ1) is 13.0. The number of esters is 1. The van der Waals surface area contributed by atoms with Crippen LogP contribution in [0.3, 0.4) is 0 Å². The van der Waals surface area contributed by atoms with Crippen LogP contribution in [0.1, 0.15) is 31.7 Å². The van der Waals surface area contributed by atoms with Crippen LogP contribution in [-0.4, -0.2) is 50.9 Å². The zero-order valence-corrected chi connectivity index (χ0v) is 16.6. The minimum absolute atomic E-state index is 0.0590. The highest BCUT2D eigenvalue weighted by Crippen LogP contribution is 2.69. The average molecular weight is 368 g/mol. The monoisotopic (exact) mass is 368 g/mol. The van der Waals surface area contributed by atoms with Crippen molar-refractivity contribution < 1.29 is 14.3 Å². The Labute approximate surface area is 160 Å². The second kappa shape index (κ2) is 5.51. The van der Waals surface area contributed by atoms with Crippen molar-refractivity contribution >= 4 is 11.7 Å². The van der Waals surface area contributed by atoms with Crippen LogP contribution < -0.4 is 9.64 Å². The van der Waals surface area contributed by atoms with Gasteiger partial charge >= 0.3 is 5.97 Å². The molecule has 4 fully saturated rings. The lowest BCUT2D eigenvalue weighted by Gasteiger charge is -2.54. The molecule has 4 unspecified atom stereocenters. The van der Waals surface area contributed by atoms with Crippen LogP contribution in [0.2, 0.25) is 0 Å². The summed E-state index contributed by atoms with van der Waals surface area (Å²) >= 11 is 0. The van der Waals surface area contributed by atoms with Gasteiger partial charge in [-0.15, -0.1) is 0 Å². The third-order valence-electron chi connectivity index (χ3n) is 8.03. The summed E-state index contributed by atoms with van der Waals surface area (Å²) in [6, 6.07) is 6.38. The molecule has 5 aliphatic rings. The Hall–Kier alpha value is -2.01. The van der Waals surface area contributed by atoms with Crippen molar-refractivity contribution in [1.29, 1.82) is 0 Å². The molecule has 4 bridgehead atoms. The zero-order valence-electron chi connectivity index (χ0n) is 16.6. The van der Waals surface area contributed by atoms with Crippen LogP contribution in [0.4, 0.5) is 5.69 Å². The molecule has 144 valence electrons. The Morgan fingerprint density at radius 2 is 2.11 bits per heavy atom. The minimum atomic E-state index is -0.244. The summed E-state index contributed by atoms with van der Waals surface area (Å²) in [4.78, 5) is 18.3. The van der Waals surface area contributed by atoms with E-state index in [1.54, 1.807) is 7.11 Å². The van der Waals surface area contributed by atoms with Crippen molar-refractivity contribution in [3.63, 3.8) is 0 Å². The standard InChI is InChI=1S/C22H28N2O3/c1-5-14-13-24-11-10-21-17-12-15(26-3)6-7-18(17)23(2)22(21,24)9-8-16(14)19(21)20(25)27-4/h5-7,12,16,19H,8-11,13H2,1-4H3/b14-5-/t16?,19?,21-,22?/m0/s1. The number of carbonyl (C=O) groups excluding carboxylic acids is 1. The molecule has 5 heteroatoms. The molecule has 1 aromatic rings. The van der Waals surface area contributed by atoms with Crippen LogP contribution in [-0.2, 0) is 14.9 Å². The van der Waals surface area contributed by atoms with Gasteiger partial charge in [0.15, 0.2) is 0 Å². The summed E-state index contributed by atoms with van der Waals surface area (Å²) in [5.41, 5.74) is 3.51. The number of methoxy groups -OCH3 is 2. The van der Waals surface area contributed by atoms with Gasteiger partial charge in [-0.05, 0) is 55.9 Å². The minimum Gasteiger partial charge on any atom is -0.497 e. The maximum Gasteiger partial charge on any atom is 0.310 e. The van der Waals surface area contributed by atoms with Crippen molar-refractivity contribution in [2.45, 2.75) is 37.3 Å². The van der Waals surface area contributed by atoms with Crippen LogP contribution in [0, 0.1) is 11.8 Å². The topological polar surface area (TPSA) is 42.0 Å². The largest absolute Gasteiger partial charge is 0.497 e. The Kier molecular flexibility index (Phi) is 3.49. The van der Waals surface area contributed by atoms with Gasteiger partial charge in [0.2, 0.25) is 0 Å².